The van der Waals surface area contributed by atoms with E-state index in [-0.39, 0.29) is 12.5 Å². The molecule has 0 atom stereocenters. The van der Waals surface area contributed by atoms with Gasteiger partial charge in [0.2, 0.25) is 5.91 Å². The first-order valence-corrected chi connectivity index (χ1v) is 7.10. The van der Waals surface area contributed by atoms with Crippen LogP contribution in [0.3, 0.4) is 0 Å². The molecule has 21 heavy (non-hydrogen) atoms. The molecule has 0 bridgehead atoms. The number of benzene rings is 1. The second-order valence-electron chi connectivity index (χ2n) is 5.74. The molecule has 0 fully saturated rings. The zero-order chi connectivity index (χ0) is 15.4. The number of pyridine rings is 1. The zero-order valence-electron chi connectivity index (χ0n) is 12.5. The first-order valence-electron chi connectivity index (χ1n) is 7.10. The number of aromatic nitrogens is 1. The lowest BCUT2D eigenvalue weighted by Crippen LogP contribution is -2.35. The van der Waals surface area contributed by atoms with E-state index in [1.54, 1.807) is 6.20 Å². The summed E-state index contributed by atoms with van der Waals surface area (Å²) in [5.74, 6) is 0.140. The standard InChI is InChI=1S/C16H22N4O/c1-11(2)8-20(10-15(18)21)9-12-5-6-14(17)13-4-3-7-19-16(12)13/h3-7,11H,8-10,17H2,1-2H3,(H2,18,21). The second-order valence-corrected chi connectivity index (χ2v) is 5.74. The van der Waals surface area contributed by atoms with Gasteiger partial charge < -0.3 is 11.5 Å². The van der Waals surface area contributed by atoms with Gasteiger partial charge in [-0.3, -0.25) is 14.7 Å². The summed E-state index contributed by atoms with van der Waals surface area (Å²) in [5, 5.41) is 0.943. The van der Waals surface area contributed by atoms with Gasteiger partial charge in [0.05, 0.1) is 12.1 Å². The largest absolute Gasteiger partial charge is 0.398 e. The van der Waals surface area contributed by atoms with Crippen LogP contribution in [0.2, 0.25) is 0 Å². The summed E-state index contributed by atoms with van der Waals surface area (Å²) in [6.45, 7) is 5.92. The van der Waals surface area contributed by atoms with Crippen molar-refractivity contribution in [1.82, 2.24) is 9.88 Å². The van der Waals surface area contributed by atoms with Gasteiger partial charge in [-0.05, 0) is 29.7 Å². The Hall–Kier alpha value is -2.14. The van der Waals surface area contributed by atoms with Gasteiger partial charge in [-0.15, -0.1) is 0 Å². The number of hydrogen-bond acceptors (Lipinski definition) is 4. The van der Waals surface area contributed by atoms with Crippen molar-refractivity contribution >= 4 is 22.5 Å². The number of anilines is 1. The SMILES string of the molecule is CC(C)CN(CC(N)=O)Cc1ccc(N)c2cccnc12. The topological polar surface area (TPSA) is 85.2 Å². The van der Waals surface area contributed by atoms with E-state index in [1.165, 1.54) is 0 Å². The Balaban J connectivity index is 2.32. The molecule has 5 heteroatoms. The van der Waals surface area contributed by atoms with Crippen LogP contribution >= 0.6 is 0 Å². The number of hydrogen-bond donors (Lipinski definition) is 2. The van der Waals surface area contributed by atoms with E-state index in [9.17, 15) is 4.79 Å². The van der Waals surface area contributed by atoms with Crippen molar-refractivity contribution < 1.29 is 4.79 Å². The molecule has 5 nitrogen and oxygen atoms in total. The zero-order valence-corrected chi connectivity index (χ0v) is 12.5. The van der Waals surface area contributed by atoms with Gasteiger partial charge >= 0.3 is 0 Å². The van der Waals surface area contributed by atoms with Crippen molar-refractivity contribution in [2.75, 3.05) is 18.8 Å². The third-order valence-electron chi connectivity index (χ3n) is 3.28. The predicted molar refractivity (Wildman–Crippen MR) is 85.5 cm³/mol. The third kappa shape index (κ3) is 3.92. The molecular formula is C16H22N4O. The Bertz CT molecular complexity index is 639. The van der Waals surface area contributed by atoms with E-state index in [0.29, 0.717) is 18.2 Å². The molecule has 2 aromatic rings. The first kappa shape index (κ1) is 15.3. The maximum Gasteiger partial charge on any atom is 0.231 e. The van der Waals surface area contributed by atoms with Crippen LogP contribution in [0.15, 0.2) is 30.5 Å². The number of nitrogens with two attached hydrogens (primary N) is 2. The van der Waals surface area contributed by atoms with Crippen LogP contribution < -0.4 is 11.5 Å². The molecule has 1 aromatic heterocycles. The molecule has 2 rings (SSSR count). The van der Waals surface area contributed by atoms with Crippen molar-refractivity contribution in [3.63, 3.8) is 0 Å². The minimum Gasteiger partial charge on any atom is -0.398 e. The fraction of sp³-hybridized carbons (Fsp3) is 0.375. The Morgan fingerprint density at radius 1 is 1.33 bits per heavy atom. The third-order valence-corrected chi connectivity index (χ3v) is 3.28. The highest BCUT2D eigenvalue weighted by Crippen LogP contribution is 2.23. The first-order chi connectivity index (χ1) is 9.97. The fourth-order valence-corrected chi connectivity index (χ4v) is 2.54. The molecule has 0 spiro atoms. The molecule has 0 radical (unpaired) electrons. The van der Waals surface area contributed by atoms with Crippen LogP contribution in [0, 0.1) is 5.92 Å². The van der Waals surface area contributed by atoms with Crippen LogP contribution in [0.25, 0.3) is 10.9 Å². The lowest BCUT2D eigenvalue weighted by molar-refractivity contribution is -0.119. The molecule has 0 aliphatic carbocycles. The average molecular weight is 286 g/mol. The summed E-state index contributed by atoms with van der Waals surface area (Å²) in [7, 11) is 0. The Morgan fingerprint density at radius 2 is 2.10 bits per heavy atom. The quantitative estimate of drug-likeness (QED) is 0.792. The van der Waals surface area contributed by atoms with Crippen molar-refractivity contribution in [2.45, 2.75) is 20.4 Å². The lowest BCUT2D eigenvalue weighted by atomic mass is 10.1. The molecule has 0 saturated carbocycles. The molecule has 1 heterocycles. The average Bonchev–Trinajstić information content (AvgIpc) is 2.41. The molecule has 112 valence electrons. The summed E-state index contributed by atoms with van der Waals surface area (Å²) in [5.41, 5.74) is 14.0. The van der Waals surface area contributed by atoms with E-state index >= 15 is 0 Å². The van der Waals surface area contributed by atoms with E-state index in [0.717, 1.165) is 23.0 Å². The van der Waals surface area contributed by atoms with Gasteiger partial charge in [-0.25, -0.2) is 0 Å². The fourth-order valence-electron chi connectivity index (χ4n) is 2.54. The van der Waals surface area contributed by atoms with Gasteiger partial charge in [-0.1, -0.05) is 19.9 Å². The van der Waals surface area contributed by atoms with E-state index < -0.39 is 0 Å². The van der Waals surface area contributed by atoms with Crippen LogP contribution in [-0.4, -0.2) is 28.9 Å². The monoisotopic (exact) mass is 286 g/mol. The second kappa shape index (κ2) is 6.54. The number of nitrogen functional groups attached to an aromatic ring is 1. The van der Waals surface area contributed by atoms with Crippen molar-refractivity contribution in [1.29, 1.82) is 0 Å². The summed E-state index contributed by atoms with van der Waals surface area (Å²) in [6, 6.07) is 7.69. The number of primary amides is 1. The Labute approximate surface area is 124 Å². The molecule has 0 saturated heterocycles. The highest BCUT2D eigenvalue weighted by atomic mass is 16.1. The van der Waals surface area contributed by atoms with Gasteiger partial charge in [0.1, 0.15) is 0 Å². The number of rotatable bonds is 6. The van der Waals surface area contributed by atoms with E-state index in [2.05, 4.69) is 18.8 Å². The van der Waals surface area contributed by atoms with Gasteiger partial charge in [-0.2, -0.15) is 0 Å². The highest BCUT2D eigenvalue weighted by Gasteiger charge is 2.13. The highest BCUT2D eigenvalue weighted by molar-refractivity contribution is 5.92. The summed E-state index contributed by atoms with van der Waals surface area (Å²) >= 11 is 0. The van der Waals surface area contributed by atoms with Crippen LogP contribution in [0.1, 0.15) is 19.4 Å². The van der Waals surface area contributed by atoms with Crippen molar-refractivity contribution in [3.8, 4) is 0 Å². The van der Waals surface area contributed by atoms with Gasteiger partial charge in [0.15, 0.2) is 0 Å². The van der Waals surface area contributed by atoms with E-state index in [4.69, 9.17) is 11.5 Å². The summed E-state index contributed by atoms with van der Waals surface area (Å²) in [4.78, 5) is 17.7. The van der Waals surface area contributed by atoms with Crippen LogP contribution in [0.5, 0.6) is 0 Å². The number of carbonyl (C=O) groups excluding carboxylic acids is 1. The van der Waals surface area contributed by atoms with Gasteiger partial charge in [0.25, 0.3) is 0 Å². The number of nitrogens with zero attached hydrogens (tertiary/aromatic N) is 2. The number of carbonyl (C=O) groups is 1. The maximum atomic E-state index is 11.2. The lowest BCUT2D eigenvalue weighted by Gasteiger charge is -2.23. The van der Waals surface area contributed by atoms with Crippen molar-refractivity contribution in [3.05, 3.63) is 36.0 Å². The normalized spacial score (nSPS) is 11.4. The molecule has 0 aliphatic rings. The molecule has 4 N–H and O–H groups in total. The van der Waals surface area contributed by atoms with E-state index in [1.807, 2.05) is 29.2 Å². The Kier molecular flexibility index (Phi) is 4.75. The molecular weight excluding hydrogens is 264 g/mol. The molecule has 0 unspecified atom stereocenters. The molecule has 1 aromatic carbocycles. The summed E-state index contributed by atoms with van der Waals surface area (Å²) in [6.07, 6.45) is 1.76. The van der Waals surface area contributed by atoms with Gasteiger partial charge in [0, 0.05) is 30.4 Å². The minimum atomic E-state index is -0.316. The molecule has 1 amide bonds. The minimum absolute atomic E-state index is 0.247. The molecule has 0 aliphatic heterocycles. The smallest absolute Gasteiger partial charge is 0.231 e. The Morgan fingerprint density at radius 3 is 2.76 bits per heavy atom. The van der Waals surface area contributed by atoms with Crippen LogP contribution in [-0.2, 0) is 11.3 Å². The predicted octanol–water partition coefficient (Wildman–Crippen LogP) is 1.76. The maximum absolute atomic E-state index is 11.2. The number of amides is 1. The van der Waals surface area contributed by atoms with Crippen molar-refractivity contribution in [2.24, 2.45) is 11.7 Å². The van der Waals surface area contributed by atoms with Crippen LogP contribution in [0.4, 0.5) is 5.69 Å². The number of fused-ring (bicyclic) bond motifs is 1. The summed E-state index contributed by atoms with van der Waals surface area (Å²) < 4.78 is 0.